The Hall–Kier alpha value is -3.38. The monoisotopic (exact) mass is 431 g/mol. The Morgan fingerprint density at radius 1 is 0.875 bits per heavy atom. The lowest BCUT2D eigenvalue weighted by Gasteiger charge is -2.38. The summed E-state index contributed by atoms with van der Waals surface area (Å²) >= 11 is 0. The molecule has 0 atom stereocenters. The van der Waals surface area contributed by atoms with Gasteiger partial charge in [-0.2, -0.15) is 0 Å². The van der Waals surface area contributed by atoms with E-state index < -0.39 is 0 Å². The van der Waals surface area contributed by atoms with Gasteiger partial charge < -0.3 is 19.9 Å². The van der Waals surface area contributed by atoms with Crippen molar-refractivity contribution < 1.29 is 9.53 Å². The van der Waals surface area contributed by atoms with Crippen LogP contribution >= 0.6 is 0 Å². The zero-order valence-corrected chi connectivity index (χ0v) is 18.1. The van der Waals surface area contributed by atoms with Crippen molar-refractivity contribution >= 4 is 6.03 Å². The fraction of sp³-hybridized carbons (Fsp3) is 0.308. The number of urea groups is 1. The second kappa shape index (κ2) is 10.3. The van der Waals surface area contributed by atoms with Gasteiger partial charge in [0, 0.05) is 44.0 Å². The third-order valence-corrected chi connectivity index (χ3v) is 6.15. The first-order chi connectivity index (χ1) is 15.6. The summed E-state index contributed by atoms with van der Waals surface area (Å²) in [5.74, 6) is 0. The fourth-order valence-corrected chi connectivity index (χ4v) is 4.17. The summed E-state index contributed by atoms with van der Waals surface area (Å²) in [6, 6.07) is 23.3. The summed E-state index contributed by atoms with van der Waals surface area (Å²) in [6.45, 7) is 2.97. The van der Waals surface area contributed by atoms with E-state index in [0.29, 0.717) is 32.8 Å². The van der Waals surface area contributed by atoms with Gasteiger partial charge in [0.1, 0.15) is 0 Å². The van der Waals surface area contributed by atoms with Gasteiger partial charge in [-0.3, -0.25) is 4.79 Å². The van der Waals surface area contributed by atoms with Crippen molar-refractivity contribution in [3.05, 3.63) is 106 Å². The van der Waals surface area contributed by atoms with Crippen LogP contribution in [0.15, 0.2) is 83.8 Å². The van der Waals surface area contributed by atoms with Crippen molar-refractivity contribution in [3.63, 3.8) is 0 Å². The Morgan fingerprint density at radius 3 is 2.28 bits per heavy atom. The molecule has 32 heavy (non-hydrogen) atoms. The Labute approximate surface area is 188 Å². The van der Waals surface area contributed by atoms with Gasteiger partial charge in [0.15, 0.2) is 0 Å². The number of hydrogen-bond donors (Lipinski definition) is 2. The van der Waals surface area contributed by atoms with Crippen molar-refractivity contribution in [2.24, 2.45) is 0 Å². The van der Waals surface area contributed by atoms with Gasteiger partial charge in [0.2, 0.25) is 0 Å². The van der Waals surface area contributed by atoms with Gasteiger partial charge in [-0.25, -0.2) is 4.79 Å². The van der Waals surface area contributed by atoms with Crippen LogP contribution in [0.4, 0.5) is 4.79 Å². The molecule has 166 valence electrons. The van der Waals surface area contributed by atoms with Crippen LogP contribution in [0.3, 0.4) is 0 Å². The third kappa shape index (κ3) is 5.45. The topological polar surface area (TPSA) is 72.4 Å². The first-order valence-electron chi connectivity index (χ1n) is 11.0. The number of aromatic nitrogens is 1. The molecule has 1 saturated heterocycles. The maximum atomic E-state index is 12.5. The number of benzene rings is 2. The highest BCUT2D eigenvalue weighted by molar-refractivity contribution is 5.74. The molecule has 0 unspecified atom stereocenters. The minimum absolute atomic E-state index is 0.0206. The Bertz CT molecular complexity index is 1070. The summed E-state index contributed by atoms with van der Waals surface area (Å²) in [4.78, 5) is 24.3. The highest BCUT2D eigenvalue weighted by atomic mass is 16.5. The number of ether oxygens (including phenoxy) is 1. The van der Waals surface area contributed by atoms with E-state index >= 15 is 0 Å². The highest BCUT2D eigenvalue weighted by Gasteiger charge is 2.34. The smallest absolute Gasteiger partial charge is 0.315 e. The molecular formula is C26H29N3O3. The van der Waals surface area contributed by atoms with Gasteiger partial charge in [-0.15, -0.1) is 0 Å². The maximum absolute atomic E-state index is 12.5. The maximum Gasteiger partial charge on any atom is 0.315 e. The Balaban J connectivity index is 1.30. The molecule has 2 heterocycles. The number of hydrogen-bond acceptors (Lipinski definition) is 3. The number of pyridine rings is 1. The number of amides is 2. The molecule has 4 rings (SSSR count). The van der Waals surface area contributed by atoms with Crippen LogP contribution in [0.5, 0.6) is 0 Å². The van der Waals surface area contributed by atoms with E-state index in [1.165, 1.54) is 5.56 Å². The van der Waals surface area contributed by atoms with E-state index in [-0.39, 0.29) is 17.0 Å². The lowest BCUT2D eigenvalue weighted by Crippen LogP contribution is -2.47. The zero-order chi connectivity index (χ0) is 22.2. The summed E-state index contributed by atoms with van der Waals surface area (Å²) in [5, 5.41) is 6.02. The number of carbonyl (C=O) groups excluding carboxylic acids is 1. The predicted octanol–water partition coefficient (Wildman–Crippen LogP) is 3.44. The first kappa shape index (κ1) is 21.8. The van der Waals surface area contributed by atoms with E-state index in [2.05, 4.69) is 22.8 Å². The standard InChI is InChI=1S/C26H29N3O3/c30-24-8-4-5-15-29(24)19-22-11-9-21(10-12-22)18-27-25(31)28-20-26(13-16-32-17-14-26)23-6-2-1-3-7-23/h1-12,15H,13-14,16-20H2,(H2,27,28,31). The van der Waals surface area contributed by atoms with E-state index in [9.17, 15) is 9.59 Å². The second-order valence-corrected chi connectivity index (χ2v) is 8.28. The van der Waals surface area contributed by atoms with E-state index in [0.717, 1.165) is 24.0 Å². The first-order valence-corrected chi connectivity index (χ1v) is 11.0. The molecule has 1 aliphatic heterocycles. The minimum atomic E-state index is -0.174. The van der Waals surface area contributed by atoms with Crippen LogP contribution in [0.1, 0.15) is 29.5 Å². The van der Waals surface area contributed by atoms with Gasteiger partial charge in [0.05, 0.1) is 6.54 Å². The molecule has 0 saturated carbocycles. The van der Waals surface area contributed by atoms with Crippen molar-refractivity contribution in [1.29, 1.82) is 0 Å². The lowest BCUT2D eigenvalue weighted by molar-refractivity contribution is 0.0507. The van der Waals surface area contributed by atoms with Gasteiger partial charge in [-0.1, -0.05) is 60.7 Å². The van der Waals surface area contributed by atoms with Crippen LogP contribution in [0.25, 0.3) is 0 Å². The number of nitrogens with one attached hydrogen (secondary N) is 2. The minimum Gasteiger partial charge on any atom is -0.381 e. The molecule has 2 amide bonds. The molecule has 0 bridgehead atoms. The molecular weight excluding hydrogens is 402 g/mol. The predicted molar refractivity (Wildman–Crippen MR) is 125 cm³/mol. The van der Waals surface area contributed by atoms with Crippen LogP contribution in [-0.4, -0.2) is 30.4 Å². The van der Waals surface area contributed by atoms with E-state index in [1.54, 1.807) is 22.9 Å². The van der Waals surface area contributed by atoms with Crippen molar-refractivity contribution in [3.8, 4) is 0 Å². The molecule has 2 aromatic carbocycles. The Morgan fingerprint density at radius 2 is 1.56 bits per heavy atom. The van der Waals surface area contributed by atoms with Crippen LogP contribution in [0.2, 0.25) is 0 Å². The van der Waals surface area contributed by atoms with Crippen molar-refractivity contribution in [1.82, 2.24) is 15.2 Å². The Kier molecular flexibility index (Phi) is 7.02. The molecule has 6 nitrogen and oxygen atoms in total. The summed E-state index contributed by atoms with van der Waals surface area (Å²) in [6.07, 6.45) is 3.56. The summed E-state index contributed by atoms with van der Waals surface area (Å²) in [7, 11) is 0. The molecule has 0 radical (unpaired) electrons. The molecule has 0 aliphatic carbocycles. The fourth-order valence-electron chi connectivity index (χ4n) is 4.17. The van der Waals surface area contributed by atoms with Crippen LogP contribution < -0.4 is 16.2 Å². The lowest BCUT2D eigenvalue weighted by atomic mass is 9.74. The van der Waals surface area contributed by atoms with E-state index in [4.69, 9.17) is 4.74 Å². The van der Waals surface area contributed by atoms with Crippen molar-refractivity contribution in [2.75, 3.05) is 19.8 Å². The molecule has 0 spiro atoms. The average Bonchev–Trinajstić information content (AvgIpc) is 2.85. The number of rotatable bonds is 7. The second-order valence-electron chi connectivity index (χ2n) is 8.28. The average molecular weight is 432 g/mol. The molecule has 1 aliphatic rings. The molecule has 3 aromatic rings. The number of nitrogens with zero attached hydrogens (tertiary/aromatic N) is 1. The van der Waals surface area contributed by atoms with E-state index in [1.807, 2.05) is 48.5 Å². The van der Waals surface area contributed by atoms with Gasteiger partial charge in [0.25, 0.3) is 5.56 Å². The molecule has 2 N–H and O–H groups in total. The zero-order valence-electron chi connectivity index (χ0n) is 18.1. The molecule has 1 aromatic heterocycles. The van der Waals surface area contributed by atoms with Crippen LogP contribution in [0, 0.1) is 0 Å². The van der Waals surface area contributed by atoms with Gasteiger partial charge in [-0.05, 0) is 35.6 Å². The summed E-state index contributed by atoms with van der Waals surface area (Å²) in [5.41, 5.74) is 3.18. The SMILES string of the molecule is O=C(NCc1ccc(Cn2ccccc2=O)cc1)NCC1(c2ccccc2)CCOCC1. The third-order valence-electron chi connectivity index (χ3n) is 6.15. The normalized spacial score (nSPS) is 15.1. The largest absolute Gasteiger partial charge is 0.381 e. The quantitative estimate of drug-likeness (QED) is 0.602. The van der Waals surface area contributed by atoms with Crippen molar-refractivity contribution in [2.45, 2.75) is 31.3 Å². The molecule has 1 fully saturated rings. The summed E-state index contributed by atoms with van der Waals surface area (Å²) < 4.78 is 7.23. The number of carbonyl (C=O) groups is 1. The molecule has 6 heteroatoms. The van der Waals surface area contributed by atoms with Gasteiger partial charge >= 0.3 is 6.03 Å². The van der Waals surface area contributed by atoms with Crippen LogP contribution in [-0.2, 0) is 23.2 Å². The highest BCUT2D eigenvalue weighted by Crippen LogP contribution is 2.34.